The molecule has 0 saturated carbocycles. The lowest BCUT2D eigenvalue weighted by atomic mass is 9.95. The van der Waals surface area contributed by atoms with Crippen LogP contribution in [0.25, 0.3) is 21.9 Å². The third-order valence-corrected chi connectivity index (χ3v) is 4.13. The summed E-state index contributed by atoms with van der Waals surface area (Å²) < 4.78 is 16.3. The molecule has 0 unspecified atom stereocenters. The van der Waals surface area contributed by atoms with Gasteiger partial charge in [-0.25, -0.2) is 0 Å². The molecule has 0 aromatic heterocycles. The Bertz CT molecular complexity index is 851. The van der Waals surface area contributed by atoms with Gasteiger partial charge in [0.2, 0.25) is 6.79 Å². The SMILES string of the molecule is COc1ccc(-c2ccc(C)c3cc4c(cc23)OCO4)cc1. The van der Waals surface area contributed by atoms with Crippen molar-refractivity contribution < 1.29 is 14.2 Å². The summed E-state index contributed by atoms with van der Waals surface area (Å²) in [6.45, 7) is 2.41. The van der Waals surface area contributed by atoms with Crippen molar-refractivity contribution in [1.82, 2.24) is 0 Å². The van der Waals surface area contributed by atoms with Crippen molar-refractivity contribution in [3.05, 3.63) is 54.1 Å². The van der Waals surface area contributed by atoms with Crippen molar-refractivity contribution in [2.45, 2.75) is 6.92 Å². The molecule has 0 aliphatic carbocycles. The van der Waals surface area contributed by atoms with Crippen LogP contribution in [0.2, 0.25) is 0 Å². The van der Waals surface area contributed by atoms with Crippen LogP contribution in [-0.4, -0.2) is 13.9 Å². The predicted octanol–water partition coefficient (Wildman–Crippen LogP) is 4.55. The maximum absolute atomic E-state index is 5.53. The minimum Gasteiger partial charge on any atom is -0.497 e. The first-order chi connectivity index (χ1) is 10.8. The number of ether oxygens (including phenoxy) is 3. The summed E-state index contributed by atoms with van der Waals surface area (Å²) in [7, 11) is 1.68. The van der Waals surface area contributed by atoms with Crippen LogP contribution in [0.1, 0.15) is 5.56 Å². The van der Waals surface area contributed by atoms with E-state index in [1.54, 1.807) is 7.11 Å². The van der Waals surface area contributed by atoms with Gasteiger partial charge in [0, 0.05) is 0 Å². The molecule has 0 spiro atoms. The molecule has 0 N–H and O–H groups in total. The number of hydrogen-bond donors (Lipinski definition) is 0. The van der Waals surface area contributed by atoms with Crippen molar-refractivity contribution in [2.75, 3.05) is 13.9 Å². The van der Waals surface area contributed by atoms with Crippen LogP contribution in [-0.2, 0) is 0 Å². The second-order valence-corrected chi connectivity index (χ2v) is 5.41. The van der Waals surface area contributed by atoms with Crippen molar-refractivity contribution in [1.29, 1.82) is 0 Å². The van der Waals surface area contributed by atoms with E-state index < -0.39 is 0 Å². The van der Waals surface area contributed by atoms with Gasteiger partial charge in [0.15, 0.2) is 11.5 Å². The fraction of sp³-hybridized carbons (Fsp3) is 0.158. The summed E-state index contributed by atoms with van der Waals surface area (Å²) in [5.74, 6) is 2.49. The largest absolute Gasteiger partial charge is 0.497 e. The minimum atomic E-state index is 0.294. The van der Waals surface area contributed by atoms with Gasteiger partial charge in [-0.15, -0.1) is 0 Å². The van der Waals surface area contributed by atoms with E-state index in [2.05, 4.69) is 43.3 Å². The van der Waals surface area contributed by atoms with Crippen molar-refractivity contribution in [2.24, 2.45) is 0 Å². The Balaban J connectivity index is 1.95. The van der Waals surface area contributed by atoms with Gasteiger partial charge in [-0.1, -0.05) is 24.3 Å². The molecule has 4 rings (SSSR count). The van der Waals surface area contributed by atoms with Crippen LogP contribution in [0, 0.1) is 6.92 Å². The lowest BCUT2D eigenvalue weighted by molar-refractivity contribution is 0.174. The van der Waals surface area contributed by atoms with E-state index >= 15 is 0 Å². The van der Waals surface area contributed by atoms with Gasteiger partial charge in [-0.2, -0.15) is 0 Å². The van der Waals surface area contributed by atoms with Gasteiger partial charge in [-0.05, 0) is 58.7 Å². The topological polar surface area (TPSA) is 27.7 Å². The number of hydrogen-bond acceptors (Lipinski definition) is 3. The second-order valence-electron chi connectivity index (χ2n) is 5.41. The molecule has 0 atom stereocenters. The Labute approximate surface area is 129 Å². The first-order valence-corrected chi connectivity index (χ1v) is 7.23. The molecule has 0 amide bonds. The number of rotatable bonds is 2. The molecule has 0 saturated heterocycles. The third-order valence-electron chi connectivity index (χ3n) is 4.13. The number of benzene rings is 3. The molecular formula is C19H16O3. The summed E-state index contributed by atoms with van der Waals surface area (Å²) in [5.41, 5.74) is 3.57. The number of fused-ring (bicyclic) bond motifs is 2. The fourth-order valence-electron chi connectivity index (χ4n) is 2.90. The Morgan fingerprint density at radius 1 is 0.864 bits per heavy atom. The highest BCUT2D eigenvalue weighted by Crippen LogP contribution is 2.40. The maximum Gasteiger partial charge on any atom is 0.231 e. The molecule has 0 fully saturated rings. The van der Waals surface area contributed by atoms with Gasteiger partial charge in [0.1, 0.15) is 5.75 Å². The molecule has 110 valence electrons. The van der Waals surface area contributed by atoms with E-state index in [0.717, 1.165) is 22.8 Å². The fourth-order valence-corrected chi connectivity index (χ4v) is 2.90. The molecule has 1 aliphatic rings. The zero-order valence-corrected chi connectivity index (χ0v) is 12.6. The van der Waals surface area contributed by atoms with Crippen LogP contribution >= 0.6 is 0 Å². The molecule has 0 bridgehead atoms. The van der Waals surface area contributed by atoms with Gasteiger partial charge < -0.3 is 14.2 Å². The van der Waals surface area contributed by atoms with Crippen LogP contribution in [0.15, 0.2) is 48.5 Å². The second kappa shape index (κ2) is 4.95. The van der Waals surface area contributed by atoms with E-state index in [4.69, 9.17) is 14.2 Å². The van der Waals surface area contributed by atoms with Crippen LogP contribution in [0.4, 0.5) is 0 Å². The molecule has 3 heteroatoms. The highest BCUT2D eigenvalue weighted by atomic mass is 16.7. The van der Waals surface area contributed by atoms with E-state index in [9.17, 15) is 0 Å². The summed E-state index contributed by atoms with van der Waals surface area (Å²) in [6.07, 6.45) is 0. The smallest absolute Gasteiger partial charge is 0.231 e. The van der Waals surface area contributed by atoms with E-state index in [1.807, 2.05) is 12.1 Å². The van der Waals surface area contributed by atoms with E-state index in [1.165, 1.54) is 21.9 Å². The number of methoxy groups -OCH3 is 1. The van der Waals surface area contributed by atoms with Gasteiger partial charge in [0.05, 0.1) is 7.11 Å². The molecule has 0 radical (unpaired) electrons. The first kappa shape index (κ1) is 13.0. The lowest BCUT2D eigenvalue weighted by Gasteiger charge is -2.11. The van der Waals surface area contributed by atoms with Crippen molar-refractivity contribution >= 4 is 10.8 Å². The minimum absolute atomic E-state index is 0.294. The maximum atomic E-state index is 5.53. The van der Waals surface area contributed by atoms with Gasteiger partial charge >= 0.3 is 0 Å². The summed E-state index contributed by atoms with van der Waals surface area (Å²) in [6, 6.07) is 16.6. The first-order valence-electron chi connectivity index (χ1n) is 7.23. The zero-order chi connectivity index (χ0) is 15.1. The highest BCUT2D eigenvalue weighted by molar-refractivity contribution is 6.00. The molecule has 22 heavy (non-hydrogen) atoms. The molecule has 1 aliphatic heterocycles. The monoisotopic (exact) mass is 292 g/mol. The molecular weight excluding hydrogens is 276 g/mol. The van der Waals surface area contributed by atoms with Crippen LogP contribution in [0.3, 0.4) is 0 Å². The average molecular weight is 292 g/mol. The number of aryl methyl sites for hydroxylation is 1. The van der Waals surface area contributed by atoms with Crippen LogP contribution < -0.4 is 14.2 Å². The molecule has 1 heterocycles. The van der Waals surface area contributed by atoms with E-state index in [0.29, 0.717) is 6.79 Å². The summed E-state index contributed by atoms with van der Waals surface area (Å²) >= 11 is 0. The normalized spacial score (nSPS) is 12.6. The van der Waals surface area contributed by atoms with E-state index in [-0.39, 0.29) is 0 Å². The van der Waals surface area contributed by atoms with Gasteiger partial charge in [-0.3, -0.25) is 0 Å². The lowest BCUT2D eigenvalue weighted by Crippen LogP contribution is -1.92. The molecule has 3 aromatic rings. The quantitative estimate of drug-likeness (QED) is 0.693. The molecule has 3 aromatic carbocycles. The van der Waals surface area contributed by atoms with Crippen LogP contribution in [0.5, 0.6) is 17.2 Å². The Morgan fingerprint density at radius 2 is 1.55 bits per heavy atom. The van der Waals surface area contributed by atoms with Gasteiger partial charge in [0.25, 0.3) is 0 Å². The third kappa shape index (κ3) is 1.98. The highest BCUT2D eigenvalue weighted by Gasteiger charge is 2.17. The predicted molar refractivity (Wildman–Crippen MR) is 86.8 cm³/mol. The van der Waals surface area contributed by atoms with Crippen molar-refractivity contribution in [3.8, 4) is 28.4 Å². The summed E-state index contributed by atoms with van der Waals surface area (Å²) in [5, 5.41) is 2.37. The van der Waals surface area contributed by atoms with Crippen molar-refractivity contribution in [3.63, 3.8) is 0 Å². The Kier molecular flexibility index (Phi) is 2.93. The average Bonchev–Trinajstić information content (AvgIpc) is 3.01. The Hall–Kier alpha value is -2.68. The standard InChI is InChI=1S/C19H16O3/c1-12-3-8-15(13-4-6-14(20-2)7-5-13)17-10-19-18(9-16(12)17)21-11-22-19/h3-10H,11H2,1-2H3. The Morgan fingerprint density at radius 3 is 2.23 bits per heavy atom. The zero-order valence-electron chi connectivity index (χ0n) is 12.6. The summed E-state index contributed by atoms with van der Waals surface area (Å²) in [4.78, 5) is 0. The molecule has 3 nitrogen and oxygen atoms in total.